The first-order chi connectivity index (χ1) is 7.34. The van der Waals surface area contributed by atoms with Gasteiger partial charge in [0.25, 0.3) is 0 Å². The highest BCUT2D eigenvalue weighted by Gasteiger charge is 2.43. The van der Waals surface area contributed by atoms with Gasteiger partial charge in [-0.25, -0.2) is 0 Å². The van der Waals surface area contributed by atoms with E-state index in [1.54, 1.807) is 0 Å². The zero-order chi connectivity index (χ0) is 10.3. The number of carbonyl (C=O) groups excluding carboxylic acids is 1. The molecule has 2 fully saturated rings. The van der Waals surface area contributed by atoms with Gasteiger partial charge in [0, 0.05) is 24.6 Å². The Morgan fingerprint density at radius 1 is 1.33 bits per heavy atom. The molecule has 3 atom stereocenters. The van der Waals surface area contributed by atoms with Crippen molar-refractivity contribution in [3.05, 3.63) is 35.9 Å². The SMILES string of the molecule is O=C(c1ccccc1)C1ON2CCC1C2. The molecule has 0 N–H and O–H groups in total. The molecule has 1 aromatic carbocycles. The first kappa shape index (κ1) is 9.07. The summed E-state index contributed by atoms with van der Waals surface area (Å²) in [5.74, 6) is 0.528. The van der Waals surface area contributed by atoms with E-state index in [9.17, 15) is 4.79 Å². The predicted octanol–water partition coefficient (Wildman–Crippen LogP) is 1.51. The molecule has 2 aliphatic rings. The zero-order valence-corrected chi connectivity index (χ0v) is 8.43. The molecular weight excluding hydrogens is 190 g/mol. The van der Waals surface area contributed by atoms with Crippen molar-refractivity contribution in [1.29, 1.82) is 0 Å². The summed E-state index contributed by atoms with van der Waals surface area (Å²) in [7, 11) is 0. The van der Waals surface area contributed by atoms with Gasteiger partial charge in [-0.3, -0.25) is 9.63 Å². The average molecular weight is 203 g/mol. The van der Waals surface area contributed by atoms with E-state index in [4.69, 9.17) is 4.84 Å². The molecule has 0 radical (unpaired) electrons. The third-order valence-corrected chi connectivity index (χ3v) is 3.19. The van der Waals surface area contributed by atoms with E-state index < -0.39 is 0 Å². The van der Waals surface area contributed by atoms with Crippen molar-refractivity contribution in [3.8, 4) is 0 Å². The Bertz CT molecular complexity index is 376. The van der Waals surface area contributed by atoms with Crippen molar-refractivity contribution in [2.75, 3.05) is 13.1 Å². The second-order valence-electron chi connectivity index (χ2n) is 4.19. The molecule has 0 saturated carbocycles. The van der Waals surface area contributed by atoms with Crippen molar-refractivity contribution >= 4 is 5.78 Å². The third kappa shape index (κ3) is 1.48. The average Bonchev–Trinajstić information content (AvgIpc) is 2.91. The second kappa shape index (κ2) is 3.43. The lowest BCUT2D eigenvalue weighted by Gasteiger charge is -2.20. The molecule has 2 bridgehead atoms. The second-order valence-corrected chi connectivity index (χ2v) is 4.19. The van der Waals surface area contributed by atoms with Crippen LogP contribution < -0.4 is 0 Å². The van der Waals surface area contributed by atoms with Crippen LogP contribution in [0.3, 0.4) is 0 Å². The molecule has 3 nitrogen and oxygen atoms in total. The van der Waals surface area contributed by atoms with Crippen molar-refractivity contribution in [2.45, 2.75) is 12.5 Å². The summed E-state index contributed by atoms with van der Waals surface area (Å²) < 4.78 is 0. The number of hydrogen-bond donors (Lipinski definition) is 0. The largest absolute Gasteiger partial charge is 0.291 e. The molecule has 3 unspecified atom stereocenters. The Morgan fingerprint density at radius 3 is 2.73 bits per heavy atom. The highest BCUT2D eigenvalue weighted by atomic mass is 16.7. The number of Topliss-reactive ketones (excluding diaryl/α,β-unsaturated/α-hetero) is 1. The molecule has 0 aliphatic carbocycles. The fourth-order valence-corrected chi connectivity index (χ4v) is 2.37. The standard InChI is InChI=1S/C12H13NO2/c14-11(9-4-2-1-3-5-9)12-10-6-7-13(8-10)15-12/h1-5,10,12H,6-8H2. The maximum absolute atomic E-state index is 12.1. The predicted molar refractivity (Wildman–Crippen MR) is 55.3 cm³/mol. The molecule has 3 heteroatoms. The quantitative estimate of drug-likeness (QED) is 0.682. The fourth-order valence-electron chi connectivity index (χ4n) is 2.37. The van der Waals surface area contributed by atoms with E-state index in [0.29, 0.717) is 5.92 Å². The Kier molecular flexibility index (Phi) is 2.08. The topological polar surface area (TPSA) is 29.5 Å². The smallest absolute Gasteiger partial charge is 0.194 e. The number of ketones is 1. The molecule has 2 aliphatic heterocycles. The van der Waals surface area contributed by atoms with E-state index in [2.05, 4.69) is 0 Å². The minimum Gasteiger partial charge on any atom is -0.291 e. The molecule has 1 aromatic rings. The third-order valence-electron chi connectivity index (χ3n) is 3.19. The molecule has 0 spiro atoms. The van der Waals surface area contributed by atoms with Crippen LogP contribution >= 0.6 is 0 Å². The summed E-state index contributed by atoms with van der Waals surface area (Å²) in [6, 6.07) is 9.41. The first-order valence-corrected chi connectivity index (χ1v) is 5.35. The highest BCUT2D eigenvalue weighted by molar-refractivity contribution is 5.99. The summed E-state index contributed by atoms with van der Waals surface area (Å²) in [6.07, 6.45) is 0.852. The summed E-state index contributed by atoms with van der Waals surface area (Å²) in [4.78, 5) is 17.6. The van der Waals surface area contributed by atoms with Crippen LogP contribution in [0.2, 0.25) is 0 Å². The fraction of sp³-hybridized carbons (Fsp3) is 0.417. The Morgan fingerprint density at radius 2 is 2.13 bits per heavy atom. The lowest BCUT2D eigenvalue weighted by molar-refractivity contribution is -0.144. The van der Waals surface area contributed by atoms with Crippen LogP contribution in [0.15, 0.2) is 30.3 Å². The molecule has 2 heterocycles. The maximum atomic E-state index is 12.1. The minimum absolute atomic E-state index is 0.128. The summed E-state index contributed by atoms with van der Waals surface area (Å²) in [5, 5.41) is 1.91. The summed E-state index contributed by atoms with van der Waals surface area (Å²) >= 11 is 0. The van der Waals surface area contributed by atoms with E-state index in [0.717, 1.165) is 25.1 Å². The van der Waals surface area contributed by atoms with Gasteiger partial charge in [-0.1, -0.05) is 30.3 Å². The van der Waals surface area contributed by atoms with Gasteiger partial charge in [0.15, 0.2) is 5.78 Å². The van der Waals surface area contributed by atoms with Gasteiger partial charge in [-0.15, -0.1) is 0 Å². The lowest BCUT2D eigenvalue weighted by Crippen LogP contribution is -2.32. The highest BCUT2D eigenvalue weighted by Crippen LogP contribution is 2.32. The monoisotopic (exact) mass is 203 g/mol. The van der Waals surface area contributed by atoms with Crippen LogP contribution in [0, 0.1) is 5.92 Å². The van der Waals surface area contributed by atoms with E-state index in [-0.39, 0.29) is 11.9 Å². The number of rotatable bonds is 2. The lowest BCUT2D eigenvalue weighted by atomic mass is 9.94. The van der Waals surface area contributed by atoms with Gasteiger partial charge in [0.05, 0.1) is 0 Å². The van der Waals surface area contributed by atoms with Crippen LogP contribution in [0.5, 0.6) is 0 Å². The number of hydroxylamine groups is 2. The van der Waals surface area contributed by atoms with Crippen molar-refractivity contribution < 1.29 is 9.63 Å². The summed E-state index contributed by atoms with van der Waals surface area (Å²) in [6.45, 7) is 1.90. The van der Waals surface area contributed by atoms with Gasteiger partial charge >= 0.3 is 0 Å². The van der Waals surface area contributed by atoms with Gasteiger partial charge in [0.1, 0.15) is 6.10 Å². The Labute approximate surface area is 88.6 Å². The normalized spacial score (nSPS) is 33.2. The van der Waals surface area contributed by atoms with Crippen molar-refractivity contribution in [1.82, 2.24) is 5.06 Å². The number of hydrogen-bond acceptors (Lipinski definition) is 3. The van der Waals surface area contributed by atoms with Gasteiger partial charge in [0.2, 0.25) is 0 Å². The molecule has 78 valence electrons. The minimum atomic E-state index is -0.235. The van der Waals surface area contributed by atoms with Crippen molar-refractivity contribution in [3.63, 3.8) is 0 Å². The molecule has 2 saturated heterocycles. The van der Waals surface area contributed by atoms with E-state index in [1.807, 2.05) is 35.4 Å². The van der Waals surface area contributed by atoms with Crippen LogP contribution in [0.4, 0.5) is 0 Å². The van der Waals surface area contributed by atoms with Crippen LogP contribution in [0.25, 0.3) is 0 Å². The first-order valence-electron chi connectivity index (χ1n) is 5.35. The molecule has 0 aromatic heterocycles. The Balaban J connectivity index is 1.81. The van der Waals surface area contributed by atoms with Crippen LogP contribution in [-0.2, 0) is 4.84 Å². The summed E-state index contributed by atoms with van der Waals surface area (Å²) in [5.41, 5.74) is 0.760. The zero-order valence-electron chi connectivity index (χ0n) is 8.43. The number of carbonyl (C=O) groups is 1. The number of fused-ring (bicyclic) bond motifs is 2. The molecule has 3 rings (SSSR count). The van der Waals surface area contributed by atoms with Gasteiger partial charge in [-0.2, -0.15) is 5.06 Å². The molecular formula is C12H13NO2. The maximum Gasteiger partial charge on any atom is 0.194 e. The Hall–Kier alpha value is -1.19. The van der Waals surface area contributed by atoms with E-state index in [1.165, 1.54) is 0 Å². The molecule has 0 amide bonds. The van der Waals surface area contributed by atoms with E-state index >= 15 is 0 Å². The van der Waals surface area contributed by atoms with Crippen molar-refractivity contribution in [2.24, 2.45) is 5.92 Å². The number of benzene rings is 1. The van der Waals surface area contributed by atoms with Crippen LogP contribution in [-0.4, -0.2) is 30.0 Å². The van der Waals surface area contributed by atoms with Gasteiger partial charge in [-0.05, 0) is 6.42 Å². The van der Waals surface area contributed by atoms with Crippen LogP contribution in [0.1, 0.15) is 16.8 Å². The number of nitrogens with zero attached hydrogens (tertiary/aromatic N) is 1. The van der Waals surface area contributed by atoms with Gasteiger partial charge < -0.3 is 0 Å². The molecule has 15 heavy (non-hydrogen) atoms.